The Balaban J connectivity index is 2.19. The molecule has 1 heterocycles. The molecule has 1 aromatic heterocycles. The molecule has 6 heteroatoms. The van der Waals surface area contributed by atoms with Crippen LogP contribution in [0.1, 0.15) is 111 Å². The van der Waals surface area contributed by atoms with E-state index >= 15 is 4.79 Å². The van der Waals surface area contributed by atoms with E-state index in [2.05, 4.69) is 18.7 Å². The van der Waals surface area contributed by atoms with E-state index in [0.717, 1.165) is 22.3 Å². The Morgan fingerprint density at radius 2 is 1.59 bits per heavy atom. The molecular formula is C38H48O6. The van der Waals surface area contributed by atoms with Gasteiger partial charge in [0.15, 0.2) is 22.9 Å². The fraction of sp³-hybridized carbons (Fsp3) is 0.500. The van der Waals surface area contributed by atoms with Crippen LogP contribution in [0.15, 0.2) is 68.4 Å². The number of aromatic hydroxyl groups is 2. The standard InChI is InChI=1S/C38H48O6/c1-21(2)11-13-25(24(7)8)19-37-20-26(14-12-22(3)4)36(9,10)38(35(37)43,18-17-23(5)6)34-29(33(37)42)30(40)27-15-16-28(39)31(41)32(27)44-34/h11-12,15-17,25-26,39,41H,7,13-14,18-20H2,1-6,8-10H3/t25-,26-,37+,38-/m0/s1. The highest BCUT2D eigenvalue weighted by Crippen LogP contribution is 2.66. The van der Waals surface area contributed by atoms with Crippen molar-refractivity contribution in [2.24, 2.45) is 22.7 Å². The van der Waals surface area contributed by atoms with E-state index in [0.29, 0.717) is 19.3 Å². The Morgan fingerprint density at radius 1 is 0.977 bits per heavy atom. The van der Waals surface area contributed by atoms with Crippen molar-refractivity contribution in [2.45, 2.75) is 99.8 Å². The quantitative estimate of drug-likeness (QED) is 0.169. The Bertz CT molecular complexity index is 1680. The summed E-state index contributed by atoms with van der Waals surface area (Å²) in [5.41, 5.74) is -0.357. The van der Waals surface area contributed by atoms with Crippen molar-refractivity contribution < 1.29 is 24.2 Å². The number of rotatable bonds is 9. The molecule has 1 fully saturated rings. The third kappa shape index (κ3) is 5.10. The molecule has 4 atom stereocenters. The van der Waals surface area contributed by atoms with E-state index in [1.165, 1.54) is 12.1 Å². The van der Waals surface area contributed by atoms with E-state index in [1.54, 1.807) is 0 Å². The zero-order chi connectivity index (χ0) is 32.9. The molecule has 0 unspecified atom stereocenters. The van der Waals surface area contributed by atoms with E-state index in [9.17, 15) is 19.8 Å². The van der Waals surface area contributed by atoms with Gasteiger partial charge in [-0.15, -0.1) is 0 Å². The number of phenolic OH excluding ortho intramolecular Hbond substituents is 2. The SMILES string of the molecule is C=C(C)[C@@H](CC=C(C)C)C[C@]12C[C@H](CC=C(C)C)C(C)(C)[C@](CC=C(C)C)(C1=O)c1oc3c(O)c(O)ccc3c(=O)c1C2=O. The second kappa shape index (κ2) is 11.7. The van der Waals surface area contributed by atoms with Crippen molar-refractivity contribution in [3.05, 3.63) is 80.8 Å². The van der Waals surface area contributed by atoms with Crippen molar-refractivity contribution in [1.82, 2.24) is 0 Å². The molecule has 0 spiro atoms. The van der Waals surface area contributed by atoms with Gasteiger partial charge in [-0.2, -0.15) is 0 Å². The van der Waals surface area contributed by atoms with Crippen LogP contribution < -0.4 is 5.43 Å². The largest absolute Gasteiger partial charge is 0.504 e. The second-order valence-electron chi connectivity index (χ2n) is 14.5. The molecule has 0 saturated heterocycles. The maximum absolute atomic E-state index is 15.4. The number of benzene rings is 1. The maximum Gasteiger partial charge on any atom is 0.204 e. The van der Waals surface area contributed by atoms with Gasteiger partial charge in [0.05, 0.1) is 16.2 Å². The zero-order valence-electron chi connectivity index (χ0n) is 27.8. The van der Waals surface area contributed by atoms with Gasteiger partial charge >= 0.3 is 0 Å². The van der Waals surface area contributed by atoms with Crippen molar-refractivity contribution in [3.8, 4) is 11.5 Å². The monoisotopic (exact) mass is 600 g/mol. The van der Waals surface area contributed by atoms with E-state index in [1.807, 2.05) is 68.4 Å². The number of carbonyl (C=O) groups is 2. The van der Waals surface area contributed by atoms with Gasteiger partial charge in [-0.1, -0.05) is 60.9 Å². The average Bonchev–Trinajstić information content (AvgIpc) is 2.92. The van der Waals surface area contributed by atoms with Crippen LogP contribution in [0.2, 0.25) is 0 Å². The highest BCUT2D eigenvalue weighted by Gasteiger charge is 2.72. The first kappa shape index (κ1) is 33.2. The normalized spacial score (nSPS) is 24.3. The molecule has 4 rings (SSSR count). The Hall–Kier alpha value is -3.67. The molecule has 1 saturated carbocycles. The van der Waals surface area contributed by atoms with Crippen LogP contribution in [0.4, 0.5) is 0 Å². The zero-order valence-corrected chi connectivity index (χ0v) is 27.8. The smallest absolute Gasteiger partial charge is 0.204 e. The lowest BCUT2D eigenvalue weighted by Crippen LogP contribution is -2.68. The number of carbonyl (C=O) groups excluding carboxylic acids is 2. The van der Waals surface area contributed by atoms with Crippen LogP contribution in [0.3, 0.4) is 0 Å². The number of hydrogen-bond donors (Lipinski definition) is 2. The number of Topliss-reactive ketones (excluding diaryl/α,β-unsaturated/α-hetero) is 2. The van der Waals surface area contributed by atoms with Gasteiger partial charge in [-0.25, -0.2) is 0 Å². The molecule has 0 amide bonds. The minimum Gasteiger partial charge on any atom is -0.504 e. The third-order valence-corrected chi connectivity index (χ3v) is 10.3. The molecular weight excluding hydrogens is 552 g/mol. The van der Waals surface area contributed by atoms with Crippen molar-refractivity contribution >= 4 is 22.5 Å². The van der Waals surface area contributed by atoms with E-state index in [4.69, 9.17) is 4.42 Å². The second-order valence-corrected chi connectivity index (χ2v) is 14.5. The van der Waals surface area contributed by atoms with Gasteiger partial charge in [0, 0.05) is 0 Å². The molecule has 2 aliphatic carbocycles. The topological polar surface area (TPSA) is 105 Å². The lowest BCUT2D eigenvalue weighted by atomic mass is 9.39. The van der Waals surface area contributed by atoms with Gasteiger partial charge in [0.25, 0.3) is 0 Å². The van der Waals surface area contributed by atoms with E-state index < -0.39 is 39.0 Å². The van der Waals surface area contributed by atoms with Crippen LogP contribution in [0, 0.1) is 22.7 Å². The Kier molecular flexibility index (Phi) is 8.82. The first-order valence-electron chi connectivity index (χ1n) is 15.6. The molecule has 236 valence electrons. The summed E-state index contributed by atoms with van der Waals surface area (Å²) >= 11 is 0. The minimum absolute atomic E-state index is 0.00194. The summed E-state index contributed by atoms with van der Waals surface area (Å²) in [5, 5.41) is 21.1. The highest BCUT2D eigenvalue weighted by molar-refractivity contribution is 6.23. The summed E-state index contributed by atoms with van der Waals surface area (Å²) in [5.74, 6) is -2.03. The highest BCUT2D eigenvalue weighted by atomic mass is 16.4. The predicted octanol–water partition coefficient (Wildman–Crippen LogP) is 8.89. The minimum atomic E-state index is -1.46. The number of fused-ring (bicyclic) bond motifs is 5. The molecule has 2 N–H and O–H groups in total. The molecule has 2 bridgehead atoms. The molecule has 2 aromatic rings. The van der Waals surface area contributed by atoms with Crippen LogP contribution >= 0.6 is 0 Å². The Labute approximate surface area is 261 Å². The van der Waals surface area contributed by atoms with Crippen molar-refractivity contribution in [1.29, 1.82) is 0 Å². The fourth-order valence-corrected chi connectivity index (χ4v) is 7.48. The third-order valence-electron chi connectivity index (χ3n) is 10.3. The number of hydrogen-bond acceptors (Lipinski definition) is 6. The lowest BCUT2D eigenvalue weighted by molar-refractivity contribution is -0.152. The molecule has 0 aliphatic heterocycles. The van der Waals surface area contributed by atoms with Crippen LogP contribution in [0.5, 0.6) is 11.5 Å². The summed E-state index contributed by atoms with van der Waals surface area (Å²) in [6.07, 6.45) is 8.34. The van der Waals surface area contributed by atoms with Crippen molar-refractivity contribution in [2.75, 3.05) is 0 Å². The van der Waals surface area contributed by atoms with Crippen LogP contribution in [-0.2, 0) is 10.2 Å². The predicted molar refractivity (Wildman–Crippen MR) is 176 cm³/mol. The van der Waals surface area contributed by atoms with Gasteiger partial charge < -0.3 is 14.6 Å². The summed E-state index contributed by atoms with van der Waals surface area (Å²) < 4.78 is 6.40. The van der Waals surface area contributed by atoms with Gasteiger partial charge in [-0.3, -0.25) is 14.4 Å². The molecule has 44 heavy (non-hydrogen) atoms. The van der Waals surface area contributed by atoms with Crippen molar-refractivity contribution in [3.63, 3.8) is 0 Å². The molecule has 1 aromatic carbocycles. The fourth-order valence-electron chi connectivity index (χ4n) is 7.48. The summed E-state index contributed by atoms with van der Waals surface area (Å²) in [6.45, 7) is 22.3. The number of phenols is 2. The molecule has 2 aliphatic rings. The Morgan fingerprint density at radius 3 is 2.16 bits per heavy atom. The summed E-state index contributed by atoms with van der Waals surface area (Å²) in [7, 11) is 0. The number of allylic oxidation sites excluding steroid dienone is 7. The summed E-state index contributed by atoms with van der Waals surface area (Å²) in [4.78, 5) is 44.7. The molecule has 0 radical (unpaired) electrons. The van der Waals surface area contributed by atoms with Crippen LogP contribution in [-0.4, -0.2) is 21.8 Å². The van der Waals surface area contributed by atoms with Crippen LogP contribution in [0.25, 0.3) is 11.0 Å². The van der Waals surface area contributed by atoms with Gasteiger partial charge in [0.2, 0.25) is 11.2 Å². The molecule has 6 nitrogen and oxygen atoms in total. The lowest BCUT2D eigenvalue weighted by Gasteiger charge is -2.60. The first-order valence-corrected chi connectivity index (χ1v) is 15.6. The summed E-state index contributed by atoms with van der Waals surface area (Å²) in [6, 6.07) is 2.57. The van der Waals surface area contributed by atoms with E-state index in [-0.39, 0.29) is 52.8 Å². The van der Waals surface area contributed by atoms with Gasteiger partial charge in [-0.05, 0) is 110 Å². The van der Waals surface area contributed by atoms with Gasteiger partial charge in [0.1, 0.15) is 11.3 Å². The number of ketones is 2. The first-order chi connectivity index (χ1) is 20.4. The maximum atomic E-state index is 15.4. The average molecular weight is 601 g/mol.